The predicted molar refractivity (Wildman–Crippen MR) is 77.3 cm³/mol. The first kappa shape index (κ1) is 18.8. The van der Waals surface area contributed by atoms with E-state index in [0.29, 0.717) is 11.1 Å². The van der Waals surface area contributed by atoms with Crippen LogP contribution in [0.15, 0.2) is 42.5 Å². The lowest BCUT2D eigenvalue weighted by molar-refractivity contribution is -0.274. The average Bonchev–Trinajstić information content (AvgIpc) is 2.45. The van der Waals surface area contributed by atoms with E-state index in [2.05, 4.69) is 4.74 Å². The van der Waals surface area contributed by atoms with Crippen LogP contribution in [0.2, 0.25) is 0 Å². The molecule has 6 nitrogen and oxygen atoms in total. The van der Waals surface area contributed by atoms with E-state index in [4.69, 9.17) is 4.55 Å². The van der Waals surface area contributed by atoms with E-state index in [1.165, 1.54) is 12.1 Å². The number of benzene rings is 2. The number of phenols is 2. The monoisotopic (exact) mass is 382 g/mol. The molecule has 0 aliphatic heterocycles. The van der Waals surface area contributed by atoms with Crippen LogP contribution < -0.4 is 4.74 Å². The van der Waals surface area contributed by atoms with Crippen LogP contribution in [0.4, 0.5) is 17.6 Å². The Bertz CT molecular complexity index is 860. The Hall–Kier alpha value is -2.53. The van der Waals surface area contributed by atoms with Crippen molar-refractivity contribution in [3.63, 3.8) is 0 Å². The topological polar surface area (TPSA) is 104 Å². The van der Waals surface area contributed by atoms with Crippen LogP contribution in [0.1, 0.15) is 0 Å². The first-order valence-electron chi connectivity index (χ1n) is 6.38. The normalized spacial score (nSPS) is 12.8. The smallest absolute Gasteiger partial charge is 0.483 e. The van der Waals surface area contributed by atoms with Crippen molar-refractivity contribution in [3.8, 4) is 28.4 Å². The van der Waals surface area contributed by atoms with Gasteiger partial charge in [0.05, 0.1) is 0 Å². The van der Waals surface area contributed by atoms with E-state index in [1.54, 1.807) is 0 Å². The summed E-state index contributed by atoms with van der Waals surface area (Å²) in [5, 5.41) is 12.9. The van der Waals surface area contributed by atoms with Gasteiger partial charge in [0.2, 0.25) is 0 Å². The molecular formula is C14H10F4O6S. The fraction of sp³-hybridized carbons (Fsp3) is 0.143. The Balaban J connectivity index is 2.29. The first-order valence-corrected chi connectivity index (χ1v) is 7.82. The van der Waals surface area contributed by atoms with Crippen LogP contribution in [-0.2, 0) is 10.1 Å². The van der Waals surface area contributed by atoms with Crippen molar-refractivity contribution >= 4 is 10.1 Å². The highest BCUT2D eigenvalue weighted by Gasteiger charge is 2.69. The average molecular weight is 382 g/mol. The van der Waals surface area contributed by atoms with Gasteiger partial charge in [0.15, 0.2) is 0 Å². The molecular weight excluding hydrogens is 372 g/mol. The molecule has 2 rings (SSSR count). The van der Waals surface area contributed by atoms with Gasteiger partial charge < -0.3 is 14.9 Å². The molecule has 2 aromatic rings. The van der Waals surface area contributed by atoms with E-state index in [1.807, 2.05) is 0 Å². The number of ether oxygens (including phenoxy) is 1. The largest absolute Gasteiger partial charge is 0.508 e. The maximum absolute atomic E-state index is 13.3. The number of rotatable bonds is 5. The first-order chi connectivity index (χ1) is 11.3. The summed E-state index contributed by atoms with van der Waals surface area (Å²) in [7, 11) is -6.40. The van der Waals surface area contributed by atoms with Crippen molar-refractivity contribution in [2.24, 2.45) is 0 Å². The van der Waals surface area contributed by atoms with Crippen molar-refractivity contribution < 1.29 is 45.5 Å². The van der Waals surface area contributed by atoms with Gasteiger partial charge in [0, 0.05) is 6.07 Å². The fourth-order valence-electron chi connectivity index (χ4n) is 1.83. The summed E-state index contributed by atoms with van der Waals surface area (Å²) < 4.78 is 85.5. The molecule has 0 unspecified atom stereocenters. The molecule has 25 heavy (non-hydrogen) atoms. The molecule has 0 fully saturated rings. The van der Waals surface area contributed by atoms with Crippen molar-refractivity contribution in [2.75, 3.05) is 0 Å². The lowest BCUT2D eigenvalue weighted by Crippen LogP contribution is -2.50. The molecule has 11 heteroatoms. The highest BCUT2D eigenvalue weighted by molar-refractivity contribution is 7.86. The molecule has 0 heterocycles. The van der Waals surface area contributed by atoms with Crippen LogP contribution in [0.3, 0.4) is 0 Å². The van der Waals surface area contributed by atoms with Crippen LogP contribution in [-0.4, -0.2) is 34.5 Å². The summed E-state index contributed by atoms with van der Waals surface area (Å²) >= 11 is 0. The highest BCUT2D eigenvalue weighted by atomic mass is 32.2. The quantitative estimate of drug-likeness (QED) is 0.542. The number of hydrogen-bond acceptors (Lipinski definition) is 5. The van der Waals surface area contributed by atoms with Crippen LogP contribution in [0.25, 0.3) is 11.1 Å². The fourth-order valence-corrected chi connectivity index (χ4v) is 2.18. The minimum absolute atomic E-state index is 0.269. The summed E-state index contributed by atoms with van der Waals surface area (Å²) in [4.78, 5) is 0. The third kappa shape index (κ3) is 3.77. The lowest BCUT2D eigenvalue weighted by atomic mass is 10.1. The van der Waals surface area contributed by atoms with Gasteiger partial charge in [-0.2, -0.15) is 26.0 Å². The Labute approximate surface area is 138 Å². The Morgan fingerprint density at radius 2 is 1.32 bits per heavy atom. The molecule has 0 spiro atoms. The lowest BCUT2D eigenvalue weighted by Gasteiger charge is -2.23. The molecule has 0 amide bonds. The van der Waals surface area contributed by atoms with Crippen LogP contribution in [0.5, 0.6) is 17.2 Å². The molecule has 0 aromatic heterocycles. The van der Waals surface area contributed by atoms with Gasteiger partial charge in [-0.1, -0.05) is 12.1 Å². The number of phenolic OH excluding ortho intramolecular Hbond substituents is 2. The van der Waals surface area contributed by atoms with E-state index < -0.39 is 27.2 Å². The summed E-state index contributed by atoms with van der Waals surface area (Å²) in [6.45, 7) is 0. The minimum atomic E-state index is -6.40. The molecule has 0 bridgehead atoms. The maximum Gasteiger partial charge on any atom is 0.483 e. The Morgan fingerprint density at radius 1 is 0.840 bits per heavy atom. The van der Waals surface area contributed by atoms with Gasteiger partial charge >= 0.3 is 21.5 Å². The zero-order valence-corrected chi connectivity index (χ0v) is 12.8. The van der Waals surface area contributed by atoms with Crippen molar-refractivity contribution in [1.29, 1.82) is 0 Å². The highest BCUT2D eigenvalue weighted by Crippen LogP contribution is 2.40. The zero-order chi connectivity index (χ0) is 19.0. The summed E-state index contributed by atoms with van der Waals surface area (Å²) in [6.07, 6.45) is -5.52. The van der Waals surface area contributed by atoms with Gasteiger partial charge in [0.1, 0.15) is 17.2 Å². The van der Waals surface area contributed by atoms with Crippen molar-refractivity contribution in [3.05, 3.63) is 42.5 Å². The van der Waals surface area contributed by atoms with Crippen molar-refractivity contribution in [2.45, 2.75) is 11.4 Å². The molecule has 0 saturated carbocycles. The van der Waals surface area contributed by atoms with Crippen molar-refractivity contribution in [1.82, 2.24) is 0 Å². The Kier molecular flexibility index (Phi) is 4.57. The van der Waals surface area contributed by atoms with Gasteiger partial charge in [-0.05, 0) is 35.4 Å². The minimum Gasteiger partial charge on any atom is -0.508 e. The molecule has 0 aliphatic rings. The molecule has 0 atom stereocenters. The second kappa shape index (κ2) is 6.08. The number of alkyl halides is 4. The third-order valence-electron chi connectivity index (χ3n) is 3.00. The number of hydrogen-bond donors (Lipinski definition) is 3. The molecule has 0 saturated heterocycles. The van der Waals surface area contributed by atoms with E-state index in [0.717, 1.165) is 30.3 Å². The second-order valence-electron chi connectivity index (χ2n) is 4.87. The number of halogens is 4. The second-order valence-corrected chi connectivity index (χ2v) is 6.34. The zero-order valence-electron chi connectivity index (χ0n) is 12.0. The third-order valence-corrected chi connectivity index (χ3v) is 3.88. The molecule has 3 N–H and O–H groups in total. The van der Waals surface area contributed by atoms with Crippen LogP contribution in [0, 0.1) is 0 Å². The Morgan fingerprint density at radius 3 is 1.76 bits per heavy atom. The van der Waals surface area contributed by atoms with Gasteiger partial charge in [-0.15, -0.1) is 0 Å². The van der Waals surface area contributed by atoms with E-state index in [9.17, 15) is 36.2 Å². The summed E-state index contributed by atoms with van der Waals surface area (Å²) in [6, 6.07) is 7.51. The molecule has 2 aromatic carbocycles. The molecule has 136 valence electrons. The summed E-state index contributed by atoms with van der Waals surface area (Å²) in [5.74, 6) is -1.34. The van der Waals surface area contributed by atoms with Crippen LogP contribution >= 0.6 is 0 Å². The van der Waals surface area contributed by atoms with E-state index in [-0.39, 0.29) is 11.5 Å². The SMILES string of the molecule is O=S(=O)(O)C(F)(F)C(F)(F)Oc1ccc(-c2cc(O)cc(O)c2)cc1. The standard InChI is InChI=1S/C14H10F4O6S/c15-13(16,14(17,18)25(21,22)23)24-12-3-1-8(2-4-12)9-5-10(19)7-11(20)6-9/h1-7,19-20H,(H,21,22,23). The van der Waals surface area contributed by atoms with Gasteiger partial charge in [0.25, 0.3) is 0 Å². The summed E-state index contributed by atoms with van der Waals surface area (Å²) in [5.41, 5.74) is 0.600. The number of aromatic hydroxyl groups is 2. The molecule has 0 aliphatic carbocycles. The van der Waals surface area contributed by atoms with Gasteiger partial charge in [-0.25, -0.2) is 0 Å². The van der Waals surface area contributed by atoms with E-state index >= 15 is 0 Å². The predicted octanol–water partition coefficient (Wildman–Crippen LogP) is 3.22. The van der Waals surface area contributed by atoms with Gasteiger partial charge in [-0.3, -0.25) is 4.55 Å². The maximum atomic E-state index is 13.3. The molecule has 0 radical (unpaired) electrons.